The van der Waals surface area contributed by atoms with Crippen LogP contribution in [0.25, 0.3) is 0 Å². The fourth-order valence-corrected chi connectivity index (χ4v) is 18.1. The first-order valence-corrected chi connectivity index (χ1v) is 51.4. The van der Waals surface area contributed by atoms with Gasteiger partial charge < -0.3 is 88.7 Å². The highest BCUT2D eigenvalue weighted by atomic mass is 31.2. The van der Waals surface area contributed by atoms with E-state index in [4.69, 9.17) is 46.9 Å². The number of carbonyl (C=O) groups excluding carboxylic acids is 4. The molecule has 21 atom stereocenters. The summed E-state index contributed by atoms with van der Waals surface area (Å²) in [5.41, 5.74) is 0. The number of hydrogen-bond donors (Lipinski definition) is 10. The van der Waals surface area contributed by atoms with Crippen LogP contribution < -0.4 is 0 Å². The Kier molecular flexibility index (Phi) is 67.3. The maximum atomic E-state index is 15.0. The minimum Gasteiger partial charge on any atom is -0.463 e. The average molecular weight is 1770 g/mol. The topological polar surface area (TPSA) is 380 Å². The van der Waals surface area contributed by atoms with E-state index in [1.807, 2.05) is 0 Å². The van der Waals surface area contributed by atoms with Gasteiger partial charge in [-0.25, -0.2) is 4.57 Å². The second-order valence-electron chi connectivity index (χ2n) is 36.8. The molecule has 2 heterocycles. The van der Waals surface area contributed by atoms with E-state index in [2.05, 4.69) is 48.5 Å². The number of rotatable bonds is 80. The maximum Gasteiger partial charge on any atom is 0.472 e. The van der Waals surface area contributed by atoms with Crippen LogP contribution in [0.15, 0.2) is 0 Å². The Hall–Kier alpha value is -2.53. The first-order chi connectivity index (χ1) is 58.9. The summed E-state index contributed by atoms with van der Waals surface area (Å²) in [6.45, 7) is 12.6. The van der Waals surface area contributed by atoms with Crippen molar-refractivity contribution in [1.29, 1.82) is 0 Å². The lowest BCUT2D eigenvalue weighted by molar-refractivity contribution is -0.360. The summed E-state index contributed by atoms with van der Waals surface area (Å²) in [6.07, 6.45) is 26.6. The summed E-state index contributed by atoms with van der Waals surface area (Å²) < 4.78 is 73.8. The number of ether oxygens (including phenoxy) is 8. The van der Waals surface area contributed by atoms with Crippen LogP contribution in [0.2, 0.25) is 0 Å². The number of esters is 4. The number of phosphoric ester groups is 1. The molecule has 3 fully saturated rings. The third-order valence-corrected chi connectivity index (χ3v) is 26.3. The van der Waals surface area contributed by atoms with Gasteiger partial charge in [0.05, 0.1) is 13.2 Å². The highest BCUT2D eigenvalue weighted by molar-refractivity contribution is 7.47. The second-order valence-corrected chi connectivity index (χ2v) is 38.2. The third kappa shape index (κ3) is 52.3. The summed E-state index contributed by atoms with van der Waals surface area (Å²) >= 11 is 0. The SMILES string of the molecule is CCCCCCCCCCCCCCCCCC(=O)OCC(COP(=O)(O)OC1C(OC2OC(CO)C(O)C(O)C2O)C(O)C(O)C(OC(=O)CCCCCCCCC(C)CCCCCCCC)C1OC1OC(COC(=O)CCCCCCCCC(C)CCCCCCCC)C(O)C(O)C1O)OC(=O)CCCCCCCCC(C)CCCCCCCC. The smallest absolute Gasteiger partial charge is 0.463 e. The summed E-state index contributed by atoms with van der Waals surface area (Å²) in [5.74, 6) is -0.964. The van der Waals surface area contributed by atoms with Crippen molar-refractivity contribution in [3.63, 3.8) is 0 Å². The molecule has 3 rings (SSSR count). The molecule has 122 heavy (non-hydrogen) atoms. The van der Waals surface area contributed by atoms with E-state index < -0.39 is 162 Å². The molecule has 10 N–H and O–H groups in total. The molecule has 26 heteroatoms. The average Bonchev–Trinajstić information content (AvgIpc) is 0.753. The fraction of sp³-hybridized carbons (Fsp3) is 0.958. The Labute approximate surface area is 738 Å². The summed E-state index contributed by atoms with van der Waals surface area (Å²) in [6, 6.07) is 0. The maximum absolute atomic E-state index is 15.0. The summed E-state index contributed by atoms with van der Waals surface area (Å²) in [4.78, 5) is 66.8. The highest BCUT2D eigenvalue weighted by Crippen LogP contribution is 2.49. The molecule has 0 radical (unpaired) electrons. The van der Waals surface area contributed by atoms with E-state index in [-0.39, 0.29) is 25.7 Å². The number of phosphoric acid groups is 1. The minimum absolute atomic E-state index is 0.0163. The van der Waals surface area contributed by atoms with Crippen molar-refractivity contribution < 1.29 is 122 Å². The van der Waals surface area contributed by atoms with Crippen molar-refractivity contribution in [1.82, 2.24) is 0 Å². The van der Waals surface area contributed by atoms with Crippen molar-refractivity contribution in [3.8, 4) is 0 Å². The van der Waals surface area contributed by atoms with E-state index in [1.54, 1.807) is 0 Å². The first-order valence-electron chi connectivity index (χ1n) is 49.9. The number of carbonyl (C=O) groups is 4. The Morgan fingerprint density at radius 2 is 0.615 bits per heavy atom. The van der Waals surface area contributed by atoms with Gasteiger partial charge in [0.1, 0.15) is 92.6 Å². The van der Waals surface area contributed by atoms with Gasteiger partial charge >= 0.3 is 31.7 Å². The van der Waals surface area contributed by atoms with Gasteiger partial charge in [-0.05, 0) is 43.4 Å². The first kappa shape index (κ1) is 114. The standard InChI is InChI=1S/C96H181O25P/c1-8-12-16-20-24-25-26-27-28-29-30-31-32-45-55-65-79(98)112-70-76(115-81(100)67-57-47-37-34-43-53-63-74(6)60-50-40-22-18-14-10-3)71-114-122(110,111)121-94-92(119-95-89(108)85(104)83(102)77(69-97)116-95)88(107)87(106)91(118-82(101)68-58-48-38-35-44-54-64-75(7)61-51-41-23-19-15-11-4)93(94)120-96-90(109)86(105)84(103)78(117-96)72-113-80(99)66-56-46-36-33-42-52-62-73(5)59-49-39-21-17-13-9-2/h73-78,83-97,102-109H,8-72H2,1-7H3,(H,110,111). The van der Waals surface area contributed by atoms with Gasteiger partial charge in [-0.3, -0.25) is 28.2 Å². The summed E-state index contributed by atoms with van der Waals surface area (Å²) in [5, 5.41) is 103. The number of unbranched alkanes of at least 4 members (excludes halogenated alkanes) is 44. The lowest BCUT2D eigenvalue weighted by Gasteiger charge is -2.50. The second kappa shape index (κ2) is 72.2. The summed E-state index contributed by atoms with van der Waals surface area (Å²) in [7, 11) is -5.81. The van der Waals surface area contributed by atoms with Gasteiger partial charge in [0, 0.05) is 25.7 Å². The van der Waals surface area contributed by atoms with E-state index in [0.717, 1.165) is 128 Å². The fourth-order valence-electron chi connectivity index (χ4n) is 17.1. The zero-order chi connectivity index (χ0) is 89.4. The van der Waals surface area contributed by atoms with Gasteiger partial charge in [-0.2, -0.15) is 0 Å². The molecule has 3 aliphatic rings. The Bertz CT molecular complexity index is 2570. The van der Waals surface area contributed by atoms with Crippen LogP contribution >= 0.6 is 7.82 Å². The molecule has 0 aromatic heterocycles. The highest BCUT2D eigenvalue weighted by Gasteiger charge is 2.60. The normalized spacial score (nSPS) is 25.3. The van der Waals surface area contributed by atoms with Crippen LogP contribution in [0.1, 0.15) is 440 Å². The molecule has 0 bridgehead atoms. The third-order valence-electron chi connectivity index (χ3n) is 25.3. The van der Waals surface area contributed by atoms with Crippen LogP contribution in [0, 0.1) is 17.8 Å². The monoisotopic (exact) mass is 1770 g/mol. The molecule has 0 aromatic carbocycles. The van der Waals surface area contributed by atoms with Gasteiger partial charge in [-0.1, -0.05) is 389 Å². The Morgan fingerprint density at radius 3 is 0.975 bits per heavy atom. The lowest BCUT2D eigenvalue weighted by atomic mass is 9.84. The van der Waals surface area contributed by atoms with E-state index in [9.17, 15) is 74.6 Å². The Balaban J connectivity index is 1.92. The van der Waals surface area contributed by atoms with E-state index in [0.29, 0.717) is 49.9 Å². The van der Waals surface area contributed by atoms with Crippen LogP contribution in [-0.4, -0.2) is 205 Å². The van der Waals surface area contributed by atoms with Crippen molar-refractivity contribution in [3.05, 3.63) is 0 Å². The quantitative estimate of drug-likeness (QED) is 0.0117. The largest absolute Gasteiger partial charge is 0.472 e. The van der Waals surface area contributed by atoms with Crippen LogP contribution in [0.4, 0.5) is 0 Å². The predicted molar refractivity (Wildman–Crippen MR) is 476 cm³/mol. The van der Waals surface area contributed by atoms with Gasteiger partial charge in [-0.15, -0.1) is 0 Å². The van der Waals surface area contributed by atoms with Crippen LogP contribution in [0.5, 0.6) is 0 Å². The molecular formula is C96H181O25P. The molecule has 0 spiro atoms. The zero-order valence-electron chi connectivity index (χ0n) is 77.6. The molecule has 21 unspecified atom stereocenters. The molecule has 0 amide bonds. The van der Waals surface area contributed by atoms with Crippen molar-refractivity contribution in [2.24, 2.45) is 17.8 Å². The molecule has 720 valence electrons. The van der Waals surface area contributed by atoms with Crippen LogP contribution in [0.3, 0.4) is 0 Å². The van der Waals surface area contributed by atoms with Gasteiger partial charge in [0.15, 0.2) is 24.8 Å². The number of hydrogen-bond acceptors (Lipinski definition) is 24. The van der Waals surface area contributed by atoms with Crippen molar-refractivity contribution >= 4 is 31.7 Å². The number of aliphatic hydroxyl groups excluding tert-OH is 9. The molecule has 0 aromatic rings. The van der Waals surface area contributed by atoms with E-state index >= 15 is 0 Å². The van der Waals surface area contributed by atoms with Crippen molar-refractivity contribution in [2.75, 3.05) is 26.4 Å². The minimum atomic E-state index is -5.81. The molecular weight excluding hydrogens is 1580 g/mol. The van der Waals surface area contributed by atoms with Crippen molar-refractivity contribution in [2.45, 2.75) is 544 Å². The predicted octanol–water partition coefficient (Wildman–Crippen LogP) is 19.3. The molecule has 1 aliphatic carbocycles. The van der Waals surface area contributed by atoms with E-state index in [1.165, 1.54) is 205 Å². The Morgan fingerprint density at radius 1 is 0.320 bits per heavy atom. The molecule has 25 nitrogen and oxygen atoms in total. The van der Waals surface area contributed by atoms with Gasteiger partial charge in [0.25, 0.3) is 0 Å². The van der Waals surface area contributed by atoms with Gasteiger partial charge in [0.2, 0.25) is 0 Å². The number of aliphatic hydroxyl groups is 9. The lowest BCUT2D eigenvalue weighted by Crippen LogP contribution is -2.70. The molecule has 2 saturated heterocycles. The molecule has 1 saturated carbocycles. The zero-order valence-corrected chi connectivity index (χ0v) is 78.4. The van der Waals surface area contributed by atoms with Crippen LogP contribution in [-0.2, 0) is 70.7 Å². The molecule has 2 aliphatic heterocycles.